The molecule has 0 spiro atoms. The second-order valence-corrected chi connectivity index (χ2v) is 8.56. The number of benzene rings is 1. The van der Waals surface area contributed by atoms with E-state index in [1.807, 2.05) is 35.7 Å². The molecular formula is C20H20N4O3S2. The summed E-state index contributed by atoms with van der Waals surface area (Å²) >= 11 is 2.87. The maximum absolute atomic E-state index is 12.5. The summed E-state index contributed by atoms with van der Waals surface area (Å²) in [5.74, 6) is 0.406. The van der Waals surface area contributed by atoms with Gasteiger partial charge in [0.2, 0.25) is 5.91 Å². The van der Waals surface area contributed by atoms with Gasteiger partial charge >= 0.3 is 0 Å². The molecule has 7 nitrogen and oxygen atoms in total. The van der Waals surface area contributed by atoms with Crippen LogP contribution in [0.15, 0.2) is 41.8 Å². The molecule has 0 bridgehead atoms. The van der Waals surface area contributed by atoms with E-state index in [2.05, 4.69) is 20.5 Å². The molecule has 4 rings (SSSR count). The average molecular weight is 429 g/mol. The number of carbonyl (C=O) groups excluding carboxylic acids is 2. The normalized spacial score (nSPS) is 13.6. The van der Waals surface area contributed by atoms with Gasteiger partial charge in [0.15, 0.2) is 5.13 Å². The van der Waals surface area contributed by atoms with Gasteiger partial charge in [-0.05, 0) is 23.6 Å². The van der Waals surface area contributed by atoms with E-state index in [4.69, 9.17) is 4.74 Å². The number of hydrogen-bond donors (Lipinski definition) is 2. The van der Waals surface area contributed by atoms with Crippen molar-refractivity contribution in [2.75, 3.05) is 30.8 Å². The molecule has 0 atom stereocenters. The minimum Gasteiger partial charge on any atom is -0.495 e. The largest absolute Gasteiger partial charge is 0.495 e. The van der Waals surface area contributed by atoms with Gasteiger partial charge < -0.3 is 10.1 Å². The van der Waals surface area contributed by atoms with Crippen molar-refractivity contribution < 1.29 is 14.3 Å². The van der Waals surface area contributed by atoms with E-state index in [1.165, 1.54) is 22.7 Å². The van der Waals surface area contributed by atoms with Crippen molar-refractivity contribution in [3.8, 4) is 5.75 Å². The molecule has 1 aliphatic heterocycles. The molecule has 0 radical (unpaired) electrons. The Morgan fingerprint density at radius 3 is 2.86 bits per heavy atom. The zero-order chi connectivity index (χ0) is 20.2. The Bertz CT molecular complexity index is 1020. The van der Waals surface area contributed by atoms with Crippen LogP contribution in [0.1, 0.15) is 20.2 Å². The van der Waals surface area contributed by atoms with Gasteiger partial charge in [0.25, 0.3) is 5.91 Å². The summed E-state index contributed by atoms with van der Waals surface area (Å²) in [6.07, 6.45) is 0.753. The van der Waals surface area contributed by atoms with E-state index < -0.39 is 0 Å². The molecule has 0 unspecified atom stereocenters. The van der Waals surface area contributed by atoms with Crippen LogP contribution in [0.2, 0.25) is 0 Å². The highest BCUT2D eigenvalue weighted by Gasteiger charge is 2.23. The summed E-state index contributed by atoms with van der Waals surface area (Å²) in [6, 6.07) is 11.0. The quantitative estimate of drug-likeness (QED) is 0.628. The molecule has 150 valence electrons. The van der Waals surface area contributed by atoms with Crippen molar-refractivity contribution in [2.45, 2.75) is 13.0 Å². The number of ether oxygens (including phenoxy) is 1. The summed E-state index contributed by atoms with van der Waals surface area (Å²) in [4.78, 5) is 33.1. The lowest BCUT2D eigenvalue weighted by atomic mass is 10.2. The predicted molar refractivity (Wildman–Crippen MR) is 115 cm³/mol. The Kier molecular flexibility index (Phi) is 5.89. The van der Waals surface area contributed by atoms with Gasteiger partial charge in [-0.25, -0.2) is 4.98 Å². The van der Waals surface area contributed by atoms with Crippen molar-refractivity contribution >= 4 is 45.3 Å². The number of thiophene rings is 1. The molecule has 3 aromatic rings. The SMILES string of the molecule is COc1ccccc1NC(=O)CN1CCc2nc(NC(=O)c3cccs3)sc2C1. The summed E-state index contributed by atoms with van der Waals surface area (Å²) in [5, 5.41) is 8.25. The second-order valence-electron chi connectivity index (χ2n) is 6.53. The predicted octanol–water partition coefficient (Wildman–Crippen LogP) is 3.46. The van der Waals surface area contributed by atoms with E-state index in [9.17, 15) is 9.59 Å². The Morgan fingerprint density at radius 1 is 1.21 bits per heavy atom. The standard InChI is InChI=1S/C20H20N4O3S2/c1-27-15-6-3-2-5-13(15)21-18(25)12-24-9-8-14-17(11-24)29-20(22-14)23-19(26)16-7-4-10-28-16/h2-7,10H,8-9,11-12H2,1H3,(H,21,25)(H,22,23,26). The summed E-state index contributed by atoms with van der Waals surface area (Å²) in [6.45, 7) is 1.67. The van der Waals surface area contributed by atoms with Crippen LogP contribution in [0.25, 0.3) is 0 Å². The fraction of sp³-hybridized carbons (Fsp3) is 0.250. The number of para-hydroxylation sites is 2. The van der Waals surface area contributed by atoms with Gasteiger partial charge in [-0.15, -0.1) is 22.7 Å². The lowest BCUT2D eigenvalue weighted by molar-refractivity contribution is -0.117. The highest BCUT2D eigenvalue weighted by Crippen LogP contribution is 2.29. The zero-order valence-electron chi connectivity index (χ0n) is 15.8. The number of fused-ring (bicyclic) bond motifs is 1. The Balaban J connectivity index is 1.35. The first-order chi connectivity index (χ1) is 14.1. The van der Waals surface area contributed by atoms with Crippen molar-refractivity contribution in [1.29, 1.82) is 0 Å². The number of hydrogen-bond acceptors (Lipinski definition) is 7. The van der Waals surface area contributed by atoms with Crippen LogP contribution in [0.5, 0.6) is 5.75 Å². The highest BCUT2D eigenvalue weighted by atomic mass is 32.1. The molecule has 9 heteroatoms. The summed E-state index contributed by atoms with van der Waals surface area (Å²) in [7, 11) is 1.58. The van der Waals surface area contributed by atoms with Gasteiger partial charge in [0, 0.05) is 24.4 Å². The van der Waals surface area contributed by atoms with Gasteiger partial charge in [-0.1, -0.05) is 18.2 Å². The molecule has 2 aromatic heterocycles. The number of thiazole rings is 1. The van der Waals surface area contributed by atoms with Crippen LogP contribution in [0.4, 0.5) is 10.8 Å². The minimum atomic E-state index is -0.140. The maximum Gasteiger partial charge on any atom is 0.267 e. The smallest absolute Gasteiger partial charge is 0.267 e. The third-order valence-corrected chi connectivity index (χ3v) is 6.39. The van der Waals surface area contributed by atoms with E-state index in [0.717, 1.165) is 23.5 Å². The van der Waals surface area contributed by atoms with Gasteiger partial charge in [-0.2, -0.15) is 0 Å². The van der Waals surface area contributed by atoms with Gasteiger partial charge in [-0.3, -0.25) is 19.8 Å². The van der Waals surface area contributed by atoms with Crippen LogP contribution in [-0.4, -0.2) is 41.9 Å². The summed E-state index contributed by atoms with van der Waals surface area (Å²) < 4.78 is 5.28. The molecule has 3 heterocycles. The summed E-state index contributed by atoms with van der Waals surface area (Å²) in [5.41, 5.74) is 1.66. The Morgan fingerprint density at radius 2 is 2.07 bits per heavy atom. The Hall–Kier alpha value is -2.75. The van der Waals surface area contributed by atoms with Crippen molar-refractivity contribution in [2.24, 2.45) is 0 Å². The van der Waals surface area contributed by atoms with Gasteiger partial charge in [0.05, 0.1) is 29.9 Å². The lowest BCUT2D eigenvalue weighted by Gasteiger charge is -2.25. The third kappa shape index (κ3) is 4.64. The third-order valence-electron chi connectivity index (χ3n) is 4.52. The Labute approximate surface area is 176 Å². The van der Waals surface area contributed by atoms with Crippen LogP contribution >= 0.6 is 22.7 Å². The van der Waals surface area contributed by atoms with E-state index in [-0.39, 0.29) is 18.4 Å². The van der Waals surface area contributed by atoms with Crippen LogP contribution in [0, 0.1) is 0 Å². The number of carbonyl (C=O) groups is 2. The maximum atomic E-state index is 12.5. The first kappa shape index (κ1) is 19.6. The molecular weight excluding hydrogens is 408 g/mol. The minimum absolute atomic E-state index is 0.0892. The average Bonchev–Trinajstić information content (AvgIpc) is 3.37. The van der Waals surface area contributed by atoms with Crippen LogP contribution in [0.3, 0.4) is 0 Å². The fourth-order valence-electron chi connectivity index (χ4n) is 3.14. The number of methoxy groups -OCH3 is 1. The lowest BCUT2D eigenvalue weighted by Crippen LogP contribution is -2.36. The number of nitrogens with one attached hydrogen (secondary N) is 2. The molecule has 0 aliphatic carbocycles. The second kappa shape index (κ2) is 8.73. The molecule has 1 aromatic carbocycles. The van der Waals surface area contributed by atoms with Gasteiger partial charge in [0.1, 0.15) is 5.75 Å². The van der Waals surface area contributed by atoms with E-state index in [1.54, 1.807) is 13.2 Å². The van der Waals surface area contributed by atoms with E-state index in [0.29, 0.717) is 28.0 Å². The molecule has 2 N–H and O–H groups in total. The molecule has 1 aliphatic rings. The molecule has 0 saturated carbocycles. The number of amides is 2. The first-order valence-corrected chi connectivity index (χ1v) is 10.8. The molecule has 0 saturated heterocycles. The highest BCUT2D eigenvalue weighted by molar-refractivity contribution is 7.16. The monoisotopic (exact) mass is 428 g/mol. The van der Waals surface area contributed by atoms with Crippen molar-refractivity contribution in [1.82, 2.24) is 9.88 Å². The zero-order valence-corrected chi connectivity index (χ0v) is 17.4. The van der Waals surface area contributed by atoms with Crippen molar-refractivity contribution in [3.05, 3.63) is 57.2 Å². The molecule has 29 heavy (non-hydrogen) atoms. The number of rotatable bonds is 6. The van der Waals surface area contributed by atoms with Crippen molar-refractivity contribution in [3.63, 3.8) is 0 Å². The molecule has 0 fully saturated rings. The first-order valence-electron chi connectivity index (χ1n) is 9.11. The van der Waals surface area contributed by atoms with E-state index >= 15 is 0 Å². The number of nitrogens with zero attached hydrogens (tertiary/aromatic N) is 2. The topological polar surface area (TPSA) is 83.6 Å². The van der Waals surface area contributed by atoms with Crippen LogP contribution < -0.4 is 15.4 Å². The number of aromatic nitrogens is 1. The molecule has 2 amide bonds. The van der Waals surface area contributed by atoms with Crippen LogP contribution in [-0.2, 0) is 17.8 Å². The number of anilines is 2. The fourth-order valence-corrected chi connectivity index (χ4v) is 4.81.